The highest BCUT2D eigenvalue weighted by Gasteiger charge is 2.10. The summed E-state index contributed by atoms with van der Waals surface area (Å²) in [7, 11) is 3.91. The zero-order chi connectivity index (χ0) is 11.3. The molecule has 0 bridgehead atoms. The van der Waals surface area contributed by atoms with E-state index in [1.165, 1.54) is 4.88 Å². The molecule has 15 heavy (non-hydrogen) atoms. The summed E-state index contributed by atoms with van der Waals surface area (Å²) in [6.07, 6.45) is 1.54. The van der Waals surface area contributed by atoms with Gasteiger partial charge in [0.25, 0.3) is 0 Å². The summed E-state index contributed by atoms with van der Waals surface area (Å²) in [6.45, 7) is 3.37. The van der Waals surface area contributed by atoms with E-state index in [0.29, 0.717) is 13.1 Å². The molecule has 0 spiro atoms. The average Bonchev–Trinajstić information content (AvgIpc) is 2.65. The monoisotopic (exact) mass is 229 g/mol. The smallest absolute Gasteiger partial charge is 0.0794 e. The first-order valence-electron chi connectivity index (χ1n) is 5.04. The molecule has 0 saturated heterocycles. The summed E-state index contributed by atoms with van der Waals surface area (Å²) in [5, 5.41) is 12.9. The Morgan fingerprint density at radius 3 is 2.87 bits per heavy atom. The van der Waals surface area contributed by atoms with Crippen LogP contribution in [-0.2, 0) is 0 Å². The third kappa shape index (κ3) is 4.70. The Bertz CT molecular complexity index is 264. The summed E-state index contributed by atoms with van der Waals surface area (Å²) in [5.74, 6) is 0. The van der Waals surface area contributed by atoms with Crippen LogP contribution in [0.4, 0.5) is 0 Å². The van der Waals surface area contributed by atoms with Gasteiger partial charge >= 0.3 is 0 Å². The summed E-state index contributed by atoms with van der Waals surface area (Å²) in [4.78, 5) is 7.20. The Labute approximate surface area is 94.9 Å². The van der Waals surface area contributed by atoms with Crippen LogP contribution in [0.1, 0.15) is 17.8 Å². The Hall–Kier alpha value is -0.490. The maximum absolute atomic E-state index is 9.65. The van der Waals surface area contributed by atoms with Gasteiger partial charge in [-0.15, -0.1) is 11.3 Å². The predicted octanol–water partition coefficient (Wildman–Crippen LogP) is 0.716. The fourth-order valence-electron chi connectivity index (χ4n) is 1.34. The van der Waals surface area contributed by atoms with Crippen molar-refractivity contribution in [3.05, 3.63) is 16.6 Å². The molecule has 0 aromatic carbocycles. The minimum Gasteiger partial charge on any atom is -0.390 e. The summed E-state index contributed by atoms with van der Waals surface area (Å²) < 4.78 is 0. The number of hydrogen-bond donors (Lipinski definition) is 2. The van der Waals surface area contributed by atoms with Gasteiger partial charge in [-0.25, -0.2) is 0 Å². The van der Waals surface area contributed by atoms with Gasteiger partial charge in [-0.1, -0.05) is 0 Å². The minimum atomic E-state index is -0.324. The van der Waals surface area contributed by atoms with Crippen LogP contribution in [-0.4, -0.2) is 48.3 Å². The molecule has 0 saturated carbocycles. The molecule has 2 N–H and O–H groups in total. The predicted molar refractivity (Wildman–Crippen MR) is 63.1 cm³/mol. The van der Waals surface area contributed by atoms with E-state index in [0.717, 1.165) is 0 Å². The van der Waals surface area contributed by atoms with Gasteiger partial charge < -0.3 is 15.3 Å². The van der Waals surface area contributed by atoms with Gasteiger partial charge in [-0.3, -0.25) is 4.98 Å². The van der Waals surface area contributed by atoms with Gasteiger partial charge in [0.2, 0.25) is 0 Å². The molecule has 1 rings (SSSR count). The first kappa shape index (κ1) is 12.6. The van der Waals surface area contributed by atoms with E-state index in [-0.39, 0.29) is 12.1 Å². The molecule has 0 aliphatic heterocycles. The van der Waals surface area contributed by atoms with E-state index >= 15 is 0 Å². The van der Waals surface area contributed by atoms with Crippen molar-refractivity contribution in [2.24, 2.45) is 0 Å². The highest BCUT2D eigenvalue weighted by atomic mass is 32.1. The van der Waals surface area contributed by atoms with Gasteiger partial charge in [0.1, 0.15) is 0 Å². The van der Waals surface area contributed by atoms with Crippen molar-refractivity contribution in [2.45, 2.75) is 19.1 Å². The van der Waals surface area contributed by atoms with Crippen molar-refractivity contribution in [1.29, 1.82) is 0 Å². The summed E-state index contributed by atoms with van der Waals surface area (Å²) >= 11 is 1.63. The standard InChI is InChI=1S/C10H19N3OS/c1-8(10-5-11-7-15-10)12-4-9(14)6-13(2)3/h5,7-9,12,14H,4,6H2,1-3H3. The Balaban J connectivity index is 2.25. The normalized spacial score (nSPS) is 15.5. The number of rotatable bonds is 6. The molecule has 86 valence electrons. The van der Waals surface area contributed by atoms with Gasteiger partial charge in [-0.2, -0.15) is 0 Å². The number of nitrogens with one attached hydrogen (secondary N) is 1. The first-order chi connectivity index (χ1) is 7.09. The quantitative estimate of drug-likeness (QED) is 0.754. The number of thiazole rings is 1. The topological polar surface area (TPSA) is 48.4 Å². The molecule has 1 heterocycles. The lowest BCUT2D eigenvalue weighted by Gasteiger charge is -2.18. The van der Waals surface area contributed by atoms with E-state index < -0.39 is 0 Å². The molecule has 4 nitrogen and oxygen atoms in total. The van der Waals surface area contributed by atoms with Gasteiger partial charge in [0, 0.05) is 30.2 Å². The van der Waals surface area contributed by atoms with E-state index in [9.17, 15) is 5.11 Å². The SMILES string of the molecule is CC(NCC(O)CN(C)C)c1cncs1. The van der Waals surface area contributed by atoms with Crippen molar-refractivity contribution in [3.8, 4) is 0 Å². The van der Waals surface area contributed by atoms with Crippen molar-refractivity contribution in [3.63, 3.8) is 0 Å². The minimum absolute atomic E-state index is 0.259. The summed E-state index contributed by atoms with van der Waals surface area (Å²) in [6, 6.07) is 0.259. The van der Waals surface area contributed by atoms with Crippen LogP contribution in [0.3, 0.4) is 0 Å². The molecule has 1 aromatic heterocycles. The number of likely N-dealkylation sites (N-methyl/N-ethyl adjacent to an activating group) is 1. The van der Waals surface area contributed by atoms with Gasteiger partial charge in [0.15, 0.2) is 0 Å². The number of nitrogens with zero attached hydrogens (tertiary/aromatic N) is 2. The number of hydrogen-bond acceptors (Lipinski definition) is 5. The molecule has 0 aliphatic carbocycles. The lowest BCUT2D eigenvalue weighted by atomic mass is 10.2. The molecular weight excluding hydrogens is 210 g/mol. The van der Waals surface area contributed by atoms with Crippen LogP contribution < -0.4 is 5.32 Å². The van der Waals surface area contributed by atoms with Crippen LogP contribution in [0.15, 0.2) is 11.7 Å². The van der Waals surface area contributed by atoms with E-state index in [1.807, 2.05) is 30.7 Å². The Morgan fingerprint density at radius 1 is 1.60 bits per heavy atom. The highest BCUT2D eigenvalue weighted by molar-refractivity contribution is 7.09. The first-order valence-corrected chi connectivity index (χ1v) is 5.92. The molecule has 0 fully saturated rings. The average molecular weight is 229 g/mol. The number of aliphatic hydroxyl groups is 1. The lowest BCUT2D eigenvalue weighted by Crippen LogP contribution is -2.35. The zero-order valence-corrected chi connectivity index (χ0v) is 10.3. The van der Waals surface area contributed by atoms with Crippen LogP contribution in [0.25, 0.3) is 0 Å². The largest absolute Gasteiger partial charge is 0.390 e. The van der Waals surface area contributed by atoms with Gasteiger partial charge in [-0.05, 0) is 21.0 Å². The van der Waals surface area contributed by atoms with E-state index in [2.05, 4.69) is 17.2 Å². The number of aliphatic hydroxyl groups excluding tert-OH is 1. The fraction of sp³-hybridized carbons (Fsp3) is 0.700. The molecule has 1 aromatic rings. The fourth-order valence-corrected chi connectivity index (χ4v) is 1.99. The van der Waals surface area contributed by atoms with Crippen LogP contribution in [0.5, 0.6) is 0 Å². The molecular formula is C10H19N3OS. The highest BCUT2D eigenvalue weighted by Crippen LogP contribution is 2.15. The van der Waals surface area contributed by atoms with Crippen LogP contribution in [0.2, 0.25) is 0 Å². The van der Waals surface area contributed by atoms with Gasteiger partial charge in [0.05, 0.1) is 11.6 Å². The molecule has 0 radical (unpaired) electrons. The molecule has 2 atom stereocenters. The third-order valence-corrected chi connectivity index (χ3v) is 3.07. The second kappa shape index (κ2) is 6.17. The number of aromatic nitrogens is 1. The Morgan fingerprint density at radius 2 is 2.33 bits per heavy atom. The second-order valence-electron chi connectivity index (χ2n) is 3.95. The van der Waals surface area contributed by atoms with Crippen molar-refractivity contribution in [1.82, 2.24) is 15.2 Å². The molecule has 0 aliphatic rings. The Kier molecular flexibility index (Phi) is 5.17. The zero-order valence-electron chi connectivity index (χ0n) is 9.47. The maximum Gasteiger partial charge on any atom is 0.0794 e. The van der Waals surface area contributed by atoms with Crippen molar-refractivity contribution < 1.29 is 5.11 Å². The van der Waals surface area contributed by atoms with Crippen LogP contribution >= 0.6 is 11.3 Å². The van der Waals surface area contributed by atoms with Crippen molar-refractivity contribution >= 4 is 11.3 Å². The molecule has 5 heteroatoms. The van der Waals surface area contributed by atoms with Crippen LogP contribution in [0, 0.1) is 0 Å². The lowest BCUT2D eigenvalue weighted by molar-refractivity contribution is 0.132. The van der Waals surface area contributed by atoms with E-state index in [1.54, 1.807) is 11.3 Å². The molecule has 2 unspecified atom stereocenters. The van der Waals surface area contributed by atoms with E-state index in [4.69, 9.17) is 0 Å². The third-order valence-electron chi connectivity index (χ3n) is 2.11. The maximum atomic E-state index is 9.65. The summed E-state index contributed by atoms with van der Waals surface area (Å²) in [5.41, 5.74) is 1.82. The second-order valence-corrected chi connectivity index (χ2v) is 4.87. The molecule has 0 amide bonds. The van der Waals surface area contributed by atoms with Crippen molar-refractivity contribution in [2.75, 3.05) is 27.2 Å².